The lowest BCUT2D eigenvalue weighted by atomic mass is 9.79. The molecule has 0 saturated carbocycles. The first-order valence-corrected chi connectivity index (χ1v) is 13.8. The first kappa shape index (κ1) is 27.4. The zero-order chi connectivity index (χ0) is 26.4. The molecule has 1 unspecified atom stereocenters. The molecule has 0 aliphatic carbocycles. The number of anilines is 1. The molecule has 2 aromatic carbocycles. The molecule has 2 aromatic rings. The summed E-state index contributed by atoms with van der Waals surface area (Å²) in [6.07, 6.45) is 1.81. The Morgan fingerprint density at radius 1 is 1.18 bits per heavy atom. The fraction of sp³-hybridized carbons (Fsp3) is 0.600. The van der Waals surface area contributed by atoms with Crippen LogP contribution >= 0.6 is 0 Å². The van der Waals surface area contributed by atoms with E-state index in [2.05, 4.69) is 46.6 Å². The van der Waals surface area contributed by atoms with Crippen molar-refractivity contribution in [1.82, 2.24) is 5.32 Å². The Morgan fingerprint density at radius 3 is 2.97 bits per heavy atom. The number of hydrogen-bond acceptors (Lipinski definition) is 8. The van der Waals surface area contributed by atoms with Crippen molar-refractivity contribution in [3.05, 3.63) is 58.7 Å². The van der Waals surface area contributed by atoms with Crippen molar-refractivity contribution in [2.75, 3.05) is 65.1 Å². The van der Waals surface area contributed by atoms with Gasteiger partial charge in [-0.3, -0.25) is 0 Å². The molecule has 1 saturated heterocycles. The number of rotatable bonds is 11. The van der Waals surface area contributed by atoms with Gasteiger partial charge < -0.3 is 38.6 Å². The van der Waals surface area contributed by atoms with E-state index in [1.54, 1.807) is 14.2 Å². The van der Waals surface area contributed by atoms with E-state index in [1.807, 2.05) is 6.92 Å². The summed E-state index contributed by atoms with van der Waals surface area (Å²) in [5.41, 5.74) is 5.69. The van der Waals surface area contributed by atoms with Crippen LogP contribution in [0.2, 0.25) is 0 Å². The largest absolute Gasteiger partial charge is 0.490 e. The standard InChI is InChI=1S/C30H42N2O6/c1-22(34-3)18-35-20-25-6-4-5-24-16-30(38-21-26(24)25)9-10-31-17-29(30)37-19-23-7-8-27-28(15-23)36-14-12-32(27)11-13-33-2/h4-8,15,22,29,31H,9-14,16-21H2,1-3H3/t22?,29-,30-/m0/s1. The highest BCUT2D eigenvalue weighted by Crippen LogP contribution is 2.38. The molecule has 8 heteroatoms. The van der Waals surface area contributed by atoms with Crippen LogP contribution in [0.5, 0.6) is 5.75 Å². The molecule has 8 nitrogen and oxygen atoms in total. The number of methoxy groups -OCH3 is 2. The van der Waals surface area contributed by atoms with Crippen molar-refractivity contribution in [3.8, 4) is 5.75 Å². The summed E-state index contributed by atoms with van der Waals surface area (Å²) in [6, 6.07) is 12.9. The fourth-order valence-corrected chi connectivity index (χ4v) is 5.67. The monoisotopic (exact) mass is 526 g/mol. The summed E-state index contributed by atoms with van der Waals surface area (Å²) in [5, 5.41) is 3.52. The third kappa shape index (κ3) is 6.17. The number of piperidine rings is 1. The summed E-state index contributed by atoms with van der Waals surface area (Å²) < 4.78 is 35.7. The molecule has 3 aliphatic rings. The van der Waals surface area contributed by atoms with Gasteiger partial charge in [-0.2, -0.15) is 0 Å². The minimum atomic E-state index is -0.329. The molecule has 0 amide bonds. The average Bonchev–Trinajstić information content (AvgIpc) is 2.95. The molecule has 38 heavy (non-hydrogen) atoms. The average molecular weight is 527 g/mol. The summed E-state index contributed by atoms with van der Waals surface area (Å²) in [5.74, 6) is 0.919. The number of nitrogens with zero attached hydrogens (tertiary/aromatic N) is 1. The summed E-state index contributed by atoms with van der Waals surface area (Å²) in [4.78, 5) is 2.32. The summed E-state index contributed by atoms with van der Waals surface area (Å²) in [6.45, 7) is 9.08. The van der Waals surface area contributed by atoms with E-state index in [1.165, 1.54) is 16.7 Å². The SMILES string of the molecule is COCCN1CCOc2cc(CO[C@H]3CNCC[C@]34Cc3cccc(COCC(C)OC)c3CO4)ccc21. The van der Waals surface area contributed by atoms with Crippen LogP contribution in [0.4, 0.5) is 5.69 Å². The normalized spacial score (nSPS) is 23.6. The molecule has 208 valence electrons. The lowest BCUT2D eigenvalue weighted by Gasteiger charge is -2.47. The highest BCUT2D eigenvalue weighted by atomic mass is 16.6. The van der Waals surface area contributed by atoms with Crippen LogP contribution in [0.15, 0.2) is 36.4 Å². The van der Waals surface area contributed by atoms with Gasteiger partial charge in [-0.05, 0) is 54.3 Å². The molecule has 0 radical (unpaired) electrons. The topological polar surface area (TPSA) is 70.7 Å². The van der Waals surface area contributed by atoms with Crippen LogP contribution in [0, 0.1) is 0 Å². The lowest BCUT2D eigenvalue weighted by Crippen LogP contribution is -2.59. The van der Waals surface area contributed by atoms with E-state index in [9.17, 15) is 0 Å². The zero-order valence-electron chi connectivity index (χ0n) is 23.0. The minimum Gasteiger partial charge on any atom is -0.490 e. The highest BCUT2D eigenvalue weighted by molar-refractivity contribution is 5.61. The number of hydrogen-bond donors (Lipinski definition) is 1. The molecule has 0 aromatic heterocycles. The van der Waals surface area contributed by atoms with Crippen LogP contribution in [-0.2, 0) is 49.9 Å². The van der Waals surface area contributed by atoms with Gasteiger partial charge in [-0.1, -0.05) is 24.3 Å². The van der Waals surface area contributed by atoms with Gasteiger partial charge in [0.25, 0.3) is 0 Å². The van der Waals surface area contributed by atoms with Gasteiger partial charge in [0.05, 0.1) is 57.5 Å². The van der Waals surface area contributed by atoms with Crippen LogP contribution in [-0.4, -0.2) is 78.0 Å². The molecule has 1 N–H and O–H groups in total. The van der Waals surface area contributed by atoms with Crippen molar-refractivity contribution in [2.45, 2.75) is 57.4 Å². The van der Waals surface area contributed by atoms with E-state index in [0.717, 1.165) is 56.0 Å². The Bertz CT molecular complexity index is 1070. The molecule has 1 spiro atoms. The first-order chi connectivity index (χ1) is 18.6. The van der Waals surface area contributed by atoms with Crippen molar-refractivity contribution in [3.63, 3.8) is 0 Å². The maximum absolute atomic E-state index is 6.68. The van der Waals surface area contributed by atoms with E-state index >= 15 is 0 Å². The molecular weight excluding hydrogens is 484 g/mol. The minimum absolute atomic E-state index is 0.0398. The Kier molecular flexibility index (Phi) is 9.20. The second kappa shape index (κ2) is 12.8. The predicted octanol–water partition coefficient (Wildman–Crippen LogP) is 3.47. The smallest absolute Gasteiger partial charge is 0.143 e. The maximum atomic E-state index is 6.68. The van der Waals surface area contributed by atoms with Crippen LogP contribution in [0.1, 0.15) is 35.6 Å². The Labute approximate surface area is 226 Å². The second-order valence-corrected chi connectivity index (χ2v) is 10.5. The van der Waals surface area contributed by atoms with Crippen molar-refractivity contribution >= 4 is 5.69 Å². The predicted molar refractivity (Wildman–Crippen MR) is 146 cm³/mol. The van der Waals surface area contributed by atoms with Gasteiger partial charge in [-0.15, -0.1) is 0 Å². The number of nitrogens with one attached hydrogen (secondary N) is 1. The molecule has 3 atom stereocenters. The molecular formula is C30H42N2O6. The lowest BCUT2D eigenvalue weighted by molar-refractivity contribution is -0.175. The van der Waals surface area contributed by atoms with Gasteiger partial charge in [0.1, 0.15) is 18.0 Å². The molecule has 5 rings (SSSR count). The van der Waals surface area contributed by atoms with Crippen LogP contribution in [0.25, 0.3) is 0 Å². The highest BCUT2D eigenvalue weighted by Gasteiger charge is 2.45. The van der Waals surface area contributed by atoms with Crippen LogP contribution < -0.4 is 15.0 Å². The van der Waals surface area contributed by atoms with E-state index in [4.69, 9.17) is 28.4 Å². The van der Waals surface area contributed by atoms with E-state index in [0.29, 0.717) is 39.6 Å². The summed E-state index contributed by atoms with van der Waals surface area (Å²) >= 11 is 0. The van der Waals surface area contributed by atoms with Gasteiger partial charge >= 0.3 is 0 Å². The quantitative estimate of drug-likeness (QED) is 0.477. The van der Waals surface area contributed by atoms with E-state index in [-0.39, 0.29) is 17.8 Å². The molecule has 1 fully saturated rings. The van der Waals surface area contributed by atoms with Crippen molar-refractivity contribution in [1.29, 1.82) is 0 Å². The Balaban J connectivity index is 1.24. The van der Waals surface area contributed by atoms with Gasteiger partial charge in [-0.25, -0.2) is 0 Å². The second-order valence-electron chi connectivity index (χ2n) is 10.5. The Hall–Kier alpha value is -2.20. The van der Waals surface area contributed by atoms with Crippen molar-refractivity contribution < 1.29 is 28.4 Å². The number of fused-ring (bicyclic) bond motifs is 2. The first-order valence-electron chi connectivity index (χ1n) is 13.8. The zero-order valence-corrected chi connectivity index (χ0v) is 23.0. The number of ether oxygens (including phenoxy) is 6. The fourth-order valence-electron chi connectivity index (χ4n) is 5.67. The molecule has 3 heterocycles. The third-order valence-corrected chi connectivity index (χ3v) is 8.02. The van der Waals surface area contributed by atoms with Gasteiger partial charge in [0.15, 0.2) is 0 Å². The van der Waals surface area contributed by atoms with Crippen LogP contribution in [0.3, 0.4) is 0 Å². The maximum Gasteiger partial charge on any atom is 0.143 e. The van der Waals surface area contributed by atoms with E-state index < -0.39 is 0 Å². The third-order valence-electron chi connectivity index (χ3n) is 8.02. The summed E-state index contributed by atoms with van der Waals surface area (Å²) in [7, 11) is 3.45. The van der Waals surface area contributed by atoms with Crippen molar-refractivity contribution in [2.24, 2.45) is 0 Å². The number of benzene rings is 2. The molecule has 3 aliphatic heterocycles. The Morgan fingerprint density at radius 2 is 2.11 bits per heavy atom. The van der Waals surface area contributed by atoms with Gasteiger partial charge in [0, 0.05) is 33.7 Å². The van der Waals surface area contributed by atoms with Gasteiger partial charge in [0.2, 0.25) is 0 Å². The molecule has 0 bridgehead atoms.